The van der Waals surface area contributed by atoms with Crippen molar-refractivity contribution in [3.05, 3.63) is 0 Å². The second kappa shape index (κ2) is 38.2. The van der Waals surface area contributed by atoms with E-state index in [-0.39, 0.29) is 25.8 Å². The molecule has 0 unspecified atom stereocenters. The van der Waals surface area contributed by atoms with Crippen molar-refractivity contribution in [2.24, 2.45) is 0 Å². The minimum absolute atomic E-state index is 0. The first-order valence-electron chi connectivity index (χ1n) is 0.371. The van der Waals surface area contributed by atoms with Crippen LogP contribution in [0.4, 0.5) is 0 Å². The van der Waals surface area contributed by atoms with E-state index in [1.54, 1.807) is 0 Å². The summed E-state index contributed by atoms with van der Waals surface area (Å²) in [4.78, 5) is 0. The zero-order valence-electron chi connectivity index (χ0n) is 2.30. The van der Waals surface area contributed by atoms with E-state index in [0.717, 1.165) is 0 Å². The van der Waals surface area contributed by atoms with Crippen LogP contribution in [-0.4, -0.2) is 48.4 Å². The molecule has 0 saturated carbocycles. The molecule has 0 aliphatic heterocycles. The molecule has 5 heteroatoms. The van der Waals surface area contributed by atoms with Crippen molar-refractivity contribution in [3.8, 4) is 0 Å². The fraction of sp³-hybridized carbons (Fsp3) is 0. The molecule has 2 nitrogen and oxygen atoms in total. The Kier molecular flexibility index (Phi) is 121. The van der Waals surface area contributed by atoms with Crippen LogP contribution in [0.2, 0.25) is 0 Å². The van der Waals surface area contributed by atoms with Crippen LogP contribution in [0.15, 0.2) is 0 Å². The first-order valence-corrected chi connectivity index (χ1v) is 2.36. The summed E-state index contributed by atoms with van der Waals surface area (Å²) in [5, 5.41) is 0. The van der Waals surface area contributed by atoms with Crippen molar-refractivity contribution in [3.63, 3.8) is 0 Å². The summed E-state index contributed by atoms with van der Waals surface area (Å²) in [6.45, 7) is 0. The molecule has 0 aliphatic rings. The second-order valence-corrected chi connectivity index (χ2v) is 0. The third-order valence-corrected chi connectivity index (χ3v) is 0. The van der Waals surface area contributed by atoms with Crippen molar-refractivity contribution in [2.75, 3.05) is 0 Å². The molecule has 0 N–H and O–H groups in total. The summed E-state index contributed by atoms with van der Waals surface area (Å²) >= 11 is 1.00. The van der Waals surface area contributed by atoms with Gasteiger partial charge in [0.15, 0.2) is 0 Å². The topological polar surface area (TPSA) is 34.1 Å². The molecule has 0 amide bonds. The molecule has 0 aromatic rings. The Morgan fingerprint density at radius 1 is 1.20 bits per heavy atom. The van der Waals surface area contributed by atoms with Crippen LogP contribution in [-0.2, 0) is 26.3 Å². The number of rotatable bonds is 0. The summed E-state index contributed by atoms with van der Waals surface area (Å²) < 4.78 is 16.6. The molecule has 25 valence electrons. The summed E-state index contributed by atoms with van der Waals surface area (Å²) in [5.74, 6) is 0. The molecule has 5 heavy (non-hydrogen) atoms. The predicted octanol–water partition coefficient (Wildman–Crippen LogP) is -1.00. The van der Waals surface area contributed by atoms with Crippen LogP contribution in [0.3, 0.4) is 0 Å². The van der Waals surface area contributed by atoms with E-state index in [2.05, 4.69) is 0 Å². The van der Waals surface area contributed by atoms with Crippen LogP contribution in [0.5, 0.6) is 0 Å². The molecule has 0 aliphatic carbocycles. The summed E-state index contributed by atoms with van der Waals surface area (Å²) in [6, 6.07) is 0. The van der Waals surface area contributed by atoms with E-state index in [1.165, 1.54) is 0 Å². The Labute approximate surface area is 73.5 Å². The summed E-state index contributed by atoms with van der Waals surface area (Å²) in [6.07, 6.45) is 0. The molecule has 0 spiro atoms. The van der Waals surface area contributed by atoms with Gasteiger partial charge >= 0.3 is 48.8 Å². The molecule has 0 rings (SSSR count). The molecule has 0 atom stereocenters. The van der Waals surface area contributed by atoms with Gasteiger partial charge in [0, 0.05) is 25.8 Å². The van der Waals surface area contributed by atoms with Gasteiger partial charge in [0.25, 0.3) is 0 Å². The van der Waals surface area contributed by atoms with Gasteiger partial charge in [-0.2, -0.15) is 0 Å². The van der Waals surface area contributed by atoms with Crippen LogP contribution >= 0.6 is 0 Å². The fourth-order valence-corrected chi connectivity index (χ4v) is 0. The van der Waals surface area contributed by atoms with Gasteiger partial charge in [-0.05, 0) is 0 Å². The van der Waals surface area contributed by atoms with Gasteiger partial charge in [0.05, 0.1) is 0 Å². The summed E-state index contributed by atoms with van der Waals surface area (Å²) in [7, 11) is 0. The van der Waals surface area contributed by atoms with Gasteiger partial charge in [-0.3, -0.25) is 0 Å². The van der Waals surface area contributed by atoms with Gasteiger partial charge in [0.2, 0.25) is 0 Å². The number of hydrogen-bond acceptors (Lipinski definition) is 2. The Balaban J connectivity index is -0.0000000133. The van der Waals surface area contributed by atoms with E-state index in [1.807, 2.05) is 0 Å². The molecule has 0 aromatic carbocycles. The zero-order chi connectivity index (χ0) is 4.00. The maximum atomic E-state index is 8.34. The second-order valence-electron chi connectivity index (χ2n) is 0. The Morgan fingerprint density at radius 2 is 1.20 bits per heavy atom. The molecular formula is InMoO2Sn. The standard InChI is InChI=1S/In.Mo.2O.Sn. The van der Waals surface area contributed by atoms with Gasteiger partial charge in [-0.1, -0.05) is 0 Å². The van der Waals surface area contributed by atoms with Crippen molar-refractivity contribution in [1.82, 2.24) is 0 Å². The Bertz CT molecular complexity index is 11.6. The van der Waals surface area contributed by atoms with Crippen LogP contribution in [0, 0.1) is 0 Å². The van der Waals surface area contributed by atoms with Crippen molar-refractivity contribution >= 4 is 48.4 Å². The SMILES string of the molecule is [In].[O]=[Mo].[O]=[Sn]. The molecule has 0 heterocycles. The van der Waals surface area contributed by atoms with Gasteiger partial charge in [-0.15, -0.1) is 0 Å². The first kappa shape index (κ1) is 15.8. The summed E-state index contributed by atoms with van der Waals surface area (Å²) in [5.41, 5.74) is 0. The quantitative estimate of drug-likeness (QED) is 0.519. The Hall–Kier alpha value is 1.96. The third-order valence-electron chi connectivity index (χ3n) is 0. The zero-order valence-corrected chi connectivity index (χ0v) is 10.5. The van der Waals surface area contributed by atoms with E-state index in [4.69, 9.17) is 6.47 Å². The molecule has 0 fully saturated rings. The van der Waals surface area contributed by atoms with E-state index >= 15 is 0 Å². The predicted molar refractivity (Wildman–Crippen MR) is 12.9 cm³/mol. The normalized spacial score (nSPS) is 1.60. The van der Waals surface area contributed by atoms with Crippen LogP contribution < -0.4 is 0 Å². The fourth-order valence-electron chi connectivity index (χ4n) is 0. The molecule has 0 bridgehead atoms. The third kappa shape index (κ3) is 24.4. The van der Waals surface area contributed by atoms with E-state index in [0.29, 0.717) is 42.3 Å². The molecule has 5 radical (unpaired) electrons. The van der Waals surface area contributed by atoms with Gasteiger partial charge < -0.3 is 0 Å². The minimum atomic E-state index is 0. The Morgan fingerprint density at radius 3 is 1.20 bits per heavy atom. The van der Waals surface area contributed by atoms with Crippen LogP contribution in [0.1, 0.15) is 0 Å². The molecule has 0 aromatic heterocycles. The van der Waals surface area contributed by atoms with Crippen LogP contribution in [0.25, 0.3) is 0 Å². The number of hydrogen-bond donors (Lipinski definition) is 0. The van der Waals surface area contributed by atoms with E-state index in [9.17, 15) is 0 Å². The average Bonchev–Trinajstić information content (AvgIpc) is 1.50. The first-order chi connectivity index (χ1) is 2.00. The van der Waals surface area contributed by atoms with Gasteiger partial charge in [-0.25, -0.2) is 0 Å². The van der Waals surface area contributed by atoms with E-state index < -0.39 is 0 Å². The van der Waals surface area contributed by atoms with Crippen molar-refractivity contribution < 1.29 is 26.3 Å². The molecular weight excluding hydrogens is 361 g/mol. The van der Waals surface area contributed by atoms with Crippen molar-refractivity contribution in [1.29, 1.82) is 0 Å². The van der Waals surface area contributed by atoms with Crippen molar-refractivity contribution in [2.45, 2.75) is 0 Å². The maximum absolute atomic E-state index is 8.34. The monoisotopic (exact) mass is 365 g/mol. The van der Waals surface area contributed by atoms with Gasteiger partial charge in [0.1, 0.15) is 0 Å². The average molecular weight is 361 g/mol. The molecule has 0 saturated heterocycles.